The highest BCUT2D eigenvalue weighted by atomic mass is 16.6. The van der Waals surface area contributed by atoms with Crippen LogP contribution in [0, 0.1) is 10.1 Å². The summed E-state index contributed by atoms with van der Waals surface area (Å²) < 4.78 is 5.15. The lowest BCUT2D eigenvalue weighted by molar-refractivity contribution is -0.384. The molecule has 0 atom stereocenters. The van der Waals surface area contributed by atoms with Crippen molar-refractivity contribution >= 4 is 11.9 Å². The number of phenols is 1. The summed E-state index contributed by atoms with van der Waals surface area (Å²) in [4.78, 5) is 14.2. The second-order valence-corrected chi connectivity index (χ2v) is 3.86. The lowest BCUT2D eigenvalue weighted by Gasteiger charge is -1.98. The second-order valence-electron chi connectivity index (χ2n) is 3.86. The fourth-order valence-corrected chi connectivity index (χ4v) is 1.55. The normalized spacial score (nSPS) is 10.9. The number of non-ortho nitro benzene ring substituents is 1. The first-order valence-electron chi connectivity index (χ1n) is 5.66. The maximum absolute atomic E-state index is 10.6. The average molecular weight is 260 g/mol. The smallest absolute Gasteiger partial charge is 0.270 e. The van der Waals surface area contributed by atoms with Gasteiger partial charge in [0.15, 0.2) is 0 Å². The Balaban J connectivity index is 2.01. The molecule has 0 saturated heterocycles. The van der Waals surface area contributed by atoms with Gasteiger partial charge in [-0.1, -0.05) is 0 Å². The molecule has 0 bridgehead atoms. The van der Waals surface area contributed by atoms with Gasteiger partial charge < -0.3 is 9.52 Å². The van der Waals surface area contributed by atoms with E-state index in [1.165, 1.54) is 24.4 Å². The number of rotatable bonds is 5. The zero-order valence-corrected chi connectivity index (χ0v) is 10.0. The Kier molecular flexibility index (Phi) is 3.92. The summed E-state index contributed by atoms with van der Waals surface area (Å²) in [6.07, 6.45) is 3.65. The van der Waals surface area contributed by atoms with Crippen LogP contribution in [-0.2, 0) is 6.42 Å². The van der Waals surface area contributed by atoms with Crippen molar-refractivity contribution in [1.29, 1.82) is 0 Å². The van der Waals surface area contributed by atoms with Gasteiger partial charge >= 0.3 is 0 Å². The van der Waals surface area contributed by atoms with Crippen molar-refractivity contribution in [3.05, 3.63) is 58.0 Å². The van der Waals surface area contributed by atoms with Crippen LogP contribution in [0.4, 0.5) is 5.69 Å². The summed E-state index contributed by atoms with van der Waals surface area (Å²) in [5.74, 6) is 0.785. The van der Waals surface area contributed by atoms with E-state index in [9.17, 15) is 15.2 Å². The zero-order chi connectivity index (χ0) is 13.7. The van der Waals surface area contributed by atoms with Crippen molar-refractivity contribution < 1.29 is 14.4 Å². The van der Waals surface area contributed by atoms with Gasteiger partial charge in [0.05, 0.1) is 11.2 Å². The molecule has 19 heavy (non-hydrogen) atoms. The molecule has 0 fully saturated rings. The van der Waals surface area contributed by atoms with E-state index in [4.69, 9.17) is 4.42 Å². The third-order valence-corrected chi connectivity index (χ3v) is 2.52. The van der Waals surface area contributed by atoms with Crippen molar-refractivity contribution in [2.45, 2.75) is 6.42 Å². The number of hydrogen-bond acceptors (Lipinski definition) is 5. The molecule has 0 spiro atoms. The second kappa shape index (κ2) is 5.81. The van der Waals surface area contributed by atoms with Crippen molar-refractivity contribution in [2.24, 2.45) is 4.99 Å². The lowest BCUT2D eigenvalue weighted by atomic mass is 10.2. The van der Waals surface area contributed by atoms with Gasteiger partial charge in [-0.15, -0.1) is 0 Å². The molecule has 98 valence electrons. The number of benzene rings is 1. The van der Waals surface area contributed by atoms with E-state index in [2.05, 4.69) is 4.99 Å². The fourth-order valence-electron chi connectivity index (χ4n) is 1.55. The Bertz CT molecular complexity index is 591. The lowest BCUT2D eigenvalue weighted by Crippen LogP contribution is -1.92. The predicted molar refractivity (Wildman–Crippen MR) is 69.6 cm³/mol. The topological polar surface area (TPSA) is 88.9 Å². The van der Waals surface area contributed by atoms with E-state index in [1.807, 2.05) is 6.07 Å². The third-order valence-electron chi connectivity index (χ3n) is 2.52. The standard InChI is InChI=1S/C13H12N2O4/c16-13-4-3-11(15(17)18)8-10(13)9-14-6-5-12-2-1-7-19-12/h1-4,7-9,16H,5-6H2. The monoisotopic (exact) mass is 260 g/mol. The van der Waals surface area contributed by atoms with Crippen LogP contribution in [0.1, 0.15) is 11.3 Å². The third kappa shape index (κ3) is 3.41. The van der Waals surface area contributed by atoms with E-state index in [-0.39, 0.29) is 11.4 Å². The van der Waals surface area contributed by atoms with Gasteiger partial charge in [0.1, 0.15) is 11.5 Å². The minimum absolute atomic E-state index is 0.0349. The number of aromatic hydroxyl groups is 1. The minimum Gasteiger partial charge on any atom is -0.507 e. The molecule has 6 heteroatoms. The highest BCUT2D eigenvalue weighted by Crippen LogP contribution is 2.21. The molecule has 1 N–H and O–H groups in total. The Morgan fingerprint density at radius 1 is 1.42 bits per heavy atom. The van der Waals surface area contributed by atoms with E-state index >= 15 is 0 Å². The summed E-state index contributed by atoms with van der Waals surface area (Å²) in [5.41, 5.74) is 0.249. The first kappa shape index (κ1) is 12.8. The van der Waals surface area contributed by atoms with Crippen LogP contribution in [-0.4, -0.2) is 22.8 Å². The molecule has 2 rings (SSSR count). The summed E-state index contributed by atoms with van der Waals surface area (Å²) >= 11 is 0. The van der Waals surface area contributed by atoms with E-state index in [0.29, 0.717) is 18.5 Å². The van der Waals surface area contributed by atoms with Crippen LogP contribution in [0.2, 0.25) is 0 Å². The van der Waals surface area contributed by atoms with Crippen LogP contribution in [0.25, 0.3) is 0 Å². The SMILES string of the molecule is O=[N+]([O-])c1ccc(O)c(C=NCCc2ccco2)c1. The van der Waals surface area contributed by atoms with Crippen LogP contribution < -0.4 is 0 Å². The van der Waals surface area contributed by atoms with E-state index in [0.717, 1.165) is 5.76 Å². The van der Waals surface area contributed by atoms with Crippen molar-refractivity contribution in [3.63, 3.8) is 0 Å². The first-order chi connectivity index (χ1) is 9.16. The molecule has 1 aromatic heterocycles. The molecular formula is C13H12N2O4. The molecule has 0 unspecified atom stereocenters. The number of hydrogen-bond donors (Lipinski definition) is 1. The largest absolute Gasteiger partial charge is 0.507 e. The summed E-state index contributed by atoms with van der Waals surface area (Å²) in [6.45, 7) is 0.482. The summed E-state index contributed by atoms with van der Waals surface area (Å²) in [5, 5.41) is 20.2. The molecular weight excluding hydrogens is 248 g/mol. The van der Waals surface area contributed by atoms with Crippen LogP contribution >= 0.6 is 0 Å². The predicted octanol–water partition coefficient (Wildman–Crippen LogP) is 2.56. The van der Waals surface area contributed by atoms with Gasteiger partial charge in [-0.25, -0.2) is 0 Å². The highest BCUT2D eigenvalue weighted by Gasteiger charge is 2.08. The van der Waals surface area contributed by atoms with Crippen LogP contribution in [0.5, 0.6) is 5.75 Å². The summed E-state index contributed by atoms with van der Waals surface area (Å²) in [6, 6.07) is 7.46. The maximum Gasteiger partial charge on any atom is 0.270 e. The van der Waals surface area contributed by atoms with Gasteiger partial charge in [0.2, 0.25) is 0 Å². The molecule has 0 aliphatic rings. The van der Waals surface area contributed by atoms with Gasteiger partial charge in [-0.2, -0.15) is 0 Å². The Hall–Kier alpha value is -2.63. The number of nitro benzene ring substituents is 1. The van der Waals surface area contributed by atoms with Crippen LogP contribution in [0.15, 0.2) is 46.0 Å². The van der Waals surface area contributed by atoms with Crippen molar-refractivity contribution in [1.82, 2.24) is 0 Å². The molecule has 2 aromatic rings. The first-order valence-corrected chi connectivity index (χ1v) is 5.66. The quantitative estimate of drug-likeness (QED) is 0.508. The zero-order valence-electron chi connectivity index (χ0n) is 10.0. The van der Waals surface area contributed by atoms with Gasteiger partial charge in [-0.05, 0) is 18.2 Å². The number of nitrogens with zero attached hydrogens (tertiary/aromatic N) is 2. The molecule has 0 amide bonds. The summed E-state index contributed by atoms with van der Waals surface area (Å²) in [7, 11) is 0. The van der Waals surface area contributed by atoms with E-state index in [1.54, 1.807) is 12.3 Å². The fraction of sp³-hybridized carbons (Fsp3) is 0.154. The number of phenolic OH excluding ortho intramolecular Hbond substituents is 1. The Labute approximate surface area is 109 Å². The maximum atomic E-state index is 10.6. The molecule has 0 saturated carbocycles. The Morgan fingerprint density at radius 3 is 2.95 bits per heavy atom. The molecule has 0 aliphatic heterocycles. The highest BCUT2D eigenvalue weighted by molar-refractivity contribution is 5.84. The minimum atomic E-state index is -0.514. The number of furan rings is 1. The average Bonchev–Trinajstić information content (AvgIpc) is 2.89. The number of aliphatic imine (C=N–C) groups is 1. The molecule has 1 heterocycles. The van der Waals surface area contributed by atoms with E-state index < -0.39 is 4.92 Å². The molecule has 0 aliphatic carbocycles. The Morgan fingerprint density at radius 2 is 2.26 bits per heavy atom. The van der Waals surface area contributed by atoms with Crippen molar-refractivity contribution in [3.8, 4) is 5.75 Å². The number of nitro groups is 1. The van der Waals surface area contributed by atoms with Crippen molar-refractivity contribution in [2.75, 3.05) is 6.54 Å². The van der Waals surface area contributed by atoms with Gasteiger partial charge in [-0.3, -0.25) is 15.1 Å². The molecule has 1 aromatic carbocycles. The molecule has 0 radical (unpaired) electrons. The van der Waals surface area contributed by atoms with Gasteiger partial charge in [0.25, 0.3) is 5.69 Å². The molecule has 6 nitrogen and oxygen atoms in total. The van der Waals surface area contributed by atoms with Crippen LogP contribution in [0.3, 0.4) is 0 Å². The van der Waals surface area contributed by atoms with Gasteiger partial charge in [0, 0.05) is 36.9 Å².